The number of aliphatic hydroxyl groups excluding tert-OH is 1. The summed E-state index contributed by atoms with van der Waals surface area (Å²) < 4.78 is 5.15. The van der Waals surface area contributed by atoms with Gasteiger partial charge in [-0.05, 0) is 11.4 Å². The Balaban J connectivity index is 2.16. The molecule has 60 valence electrons. The third-order valence-electron chi connectivity index (χ3n) is 1.96. The number of rotatable bonds is 1. The van der Waals surface area contributed by atoms with Crippen molar-refractivity contribution in [1.29, 1.82) is 0 Å². The zero-order valence-electron chi connectivity index (χ0n) is 6.06. The van der Waals surface area contributed by atoms with E-state index in [4.69, 9.17) is 4.74 Å². The van der Waals surface area contributed by atoms with Crippen molar-refractivity contribution >= 4 is 11.3 Å². The Kier molecular flexibility index (Phi) is 1.94. The second-order valence-electron chi connectivity index (χ2n) is 2.73. The molecule has 0 saturated carbocycles. The molecule has 0 amide bonds. The van der Waals surface area contributed by atoms with Crippen molar-refractivity contribution in [2.45, 2.75) is 12.0 Å². The molecule has 0 spiro atoms. The van der Waals surface area contributed by atoms with E-state index in [0.717, 1.165) is 0 Å². The van der Waals surface area contributed by atoms with E-state index in [9.17, 15) is 5.11 Å². The highest BCUT2D eigenvalue weighted by molar-refractivity contribution is 7.10. The third-order valence-corrected chi connectivity index (χ3v) is 2.96. The summed E-state index contributed by atoms with van der Waals surface area (Å²) in [5.74, 6) is 0.218. The highest BCUT2D eigenvalue weighted by Crippen LogP contribution is 2.28. The largest absolute Gasteiger partial charge is 0.390 e. The lowest BCUT2D eigenvalue weighted by molar-refractivity contribution is 0.125. The molecule has 2 nitrogen and oxygen atoms in total. The van der Waals surface area contributed by atoms with E-state index in [0.29, 0.717) is 13.2 Å². The van der Waals surface area contributed by atoms with E-state index in [1.54, 1.807) is 11.3 Å². The molecular formula is C8H10O2S. The van der Waals surface area contributed by atoms with Crippen LogP contribution in [0, 0.1) is 0 Å². The van der Waals surface area contributed by atoms with Crippen LogP contribution in [0.5, 0.6) is 0 Å². The second-order valence-corrected chi connectivity index (χ2v) is 3.71. The summed E-state index contributed by atoms with van der Waals surface area (Å²) in [5.41, 5.74) is 0. The molecule has 2 heterocycles. The van der Waals surface area contributed by atoms with Crippen LogP contribution >= 0.6 is 11.3 Å². The van der Waals surface area contributed by atoms with E-state index < -0.39 is 0 Å². The average Bonchev–Trinajstić information content (AvgIpc) is 2.55. The zero-order valence-corrected chi connectivity index (χ0v) is 6.88. The Morgan fingerprint density at radius 1 is 1.55 bits per heavy atom. The topological polar surface area (TPSA) is 29.5 Å². The summed E-state index contributed by atoms with van der Waals surface area (Å²) >= 11 is 1.68. The van der Waals surface area contributed by atoms with E-state index in [1.807, 2.05) is 17.5 Å². The molecule has 0 bridgehead atoms. The highest BCUT2D eigenvalue weighted by Gasteiger charge is 2.27. The maximum Gasteiger partial charge on any atom is 0.0872 e. The van der Waals surface area contributed by atoms with E-state index in [-0.39, 0.29) is 12.0 Å². The predicted octanol–water partition coefficient (Wildman–Crippen LogP) is 1.22. The van der Waals surface area contributed by atoms with Crippen molar-refractivity contribution in [3.63, 3.8) is 0 Å². The molecule has 1 aliphatic heterocycles. The van der Waals surface area contributed by atoms with Gasteiger partial charge in [-0.1, -0.05) is 6.07 Å². The summed E-state index contributed by atoms with van der Waals surface area (Å²) in [7, 11) is 0. The van der Waals surface area contributed by atoms with E-state index in [2.05, 4.69) is 0 Å². The first-order valence-electron chi connectivity index (χ1n) is 3.67. The normalized spacial score (nSPS) is 31.0. The van der Waals surface area contributed by atoms with Crippen molar-refractivity contribution in [1.82, 2.24) is 0 Å². The summed E-state index contributed by atoms with van der Waals surface area (Å²) in [6.45, 7) is 1.16. The molecule has 0 aromatic carbocycles. The van der Waals surface area contributed by atoms with Crippen molar-refractivity contribution in [2.24, 2.45) is 0 Å². The lowest BCUT2D eigenvalue weighted by Crippen LogP contribution is -2.14. The van der Waals surface area contributed by atoms with Gasteiger partial charge < -0.3 is 9.84 Å². The van der Waals surface area contributed by atoms with Crippen molar-refractivity contribution in [3.8, 4) is 0 Å². The van der Waals surface area contributed by atoms with Crippen LogP contribution in [0.2, 0.25) is 0 Å². The molecule has 1 aromatic heterocycles. The lowest BCUT2D eigenvalue weighted by Gasteiger charge is -2.08. The molecule has 2 unspecified atom stereocenters. The Labute approximate surface area is 69.4 Å². The lowest BCUT2D eigenvalue weighted by atomic mass is 10.1. The monoisotopic (exact) mass is 170 g/mol. The van der Waals surface area contributed by atoms with Crippen molar-refractivity contribution in [3.05, 3.63) is 22.4 Å². The van der Waals surface area contributed by atoms with Gasteiger partial charge in [-0.15, -0.1) is 11.3 Å². The van der Waals surface area contributed by atoms with Crippen LogP contribution in [0.3, 0.4) is 0 Å². The highest BCUT2D eigenvalue weighted by atomic mass is 32.1. The van der Waals surface area contributed by atoms with Crippen LogP contribution in [0.4, 0.5) is 0 Å². The minimum Gasteiger partial charge on any atom is -0.390 e. The zero-order chi connectivity index (χ0) is 7.68. The Hall–Kier alpha value is -0.380. The Morgan fingerprint density at radius 3 is 3.00 bits per heavy atom. The Bertz CT molecular complexity index is 220. The van der Waals surface area contributed by atoms with Crippen LogP contribution in [0.1, 0.15) is 10.8 Å². The van der Waals surface area contributed by atoms with Gasteiger partial charge in [0, 0.05) is 10.8 Å². The van der Waals surface area contributed by atoms with Gasteiger partial charge in [0.2, 0.25) is 0 Å². The van der Waals surface area contributed by atoms with Crippen molar-refractivity contribution in [2.75, 3.05) is 13.2 Å². The van der Waals surface area contributed by atoms with Gasteiger partial charge in [0.15, 0.2) is 0 Å². The number of hydrogen-bond acceptors (Lipinski definition) is 3. The Morgan fingerprint density at radius 2 is 2.45 bits per heavy atom. The van der Waals surface area contributed by atoms with Gasteiger partial charge in [-0.2, -0.15) is 0 Å². The van der Waals surface area contributed by atoms with Gasteiger partial charge in [0.05, 0.1) is 19.3 Å². The second kappa shape index (κ2) is 2.93. The molecule has 2 rings (SSSR count). The molecule has 11 heavy (non-hydrogen) atoms. The predicted molar refractivity (Wildman–Crippen MR) is 43.9 cm³/mol. The van der Waals surface area contributed by atoms with Crippen LogP contribution in [0.15, 0.2) is 17.5 Å². The molecular weight excluding hydrogens is 160 g/mol. The van der Waals surface area contributed by atoms with Gasteiger partial charge in [-0.25, -0.2) is 0 Å². The molecule has 1 fully saturated rings. The fourth-order valence-corrected chi connectivity index (χ4v) is 2.19. The average molecular weight is 170 g/mol. The number of thiophene rings is 1. The van der Waals surface area contributed by atoms with Crippen LogP contribution in [-0.2, 0) is 4.74 Å². The SMILES string of the molecule is OC1COCC1c1cccs1. The molecule has 1 N–H and O–H groups in total. The summed E-state index contributed by atoms with van der Waals surface area (Å²) in [6, 6.07) is 4.05. The summed E-state index contributed by atoms with van der Waals surface area (Å²) in [4.78, 5) is 1.23. The van der Waals surface area contributed by atoms with Crippen LogP contribution in [-0.4, -0.2) is 24.4 Å². The smallest absolute Gasteiger partial charge is 0.0872 e. The fourth-order valence-electron chi connectivity index (χ4n) is 1.32. The summed E-state index contributed by atoms with van der Waals surface area (Å²) in [6.07, 6.45) is -0.298. The van der Waals surface area contributed by atoms with E-state index in [1.165, 1.54) is 4.88 Å². The molecule has 1 aromatic rings. The van der Waals surface area contributed by atoms with Crippen molar-refractivity contribution < 1.29 is 9.84 Å². The van der Waals surface area contributed by atoms with Gasteiger partial charge in [0.25, 0.3) is 0 Å². The first kappa shape index (κ1) is 7.28. The standard InChI is InChI=1S/C8H10O2S/c9-7-5-10-4-6(7)8-2-1-3-11-8/h1-3,6-7,9H,4-5H2. The minimum absolute atomic E-state index is 0.218. The number of ether oxygens (including phenoxy) is 1. The van der Waals surface area contributed by atoms with Crippen LogP contribution < -0.4 is 0 Å². The minimum atomic E-state index is -0.298. The first-order valence-corrected chi connectivity index (χ1v) is 4.55. The number of hydrogen-bond donors (Lipinski definition) is 1. The quantitative estimate of drug-likeness (QED) is 0.686. The molecule has 0 radical (unpaired) electrons. The maximum absolute atomic E-state index is 9.44. The number of aliphatic hydroxyl groups is 1. The maximum atomic E-state index is 9.44. The molecule has 3 heteroatoms. The fraction of sp³-hybridized carbons (Fsp3) is 0.500. The van der Waals surface area contributed by atoms with E-state index >= 15 is 0 Å². The molecule has 1 saturated heterocycles. The molecule has 0 aliphatic carbocycles. The van der Waals surface area contributed by atoms with Gasteiger partial charge in [-0.3, -0.25) is 0 Å². The third kappa shape index (κ3) is 1.31. The first-order chi connectivity index (χ1) is 5.38. The molecule has 1 aliphatic rings. The molecule has 2 atom stereocenters. The van der Waals surface area contributed by atoms with Gasteiger partial charge in [0.1, 0.15) is 0 Å². The van der Waals surface area contributed by atoms with Gasteiger partial charge >= 0.3 is 0 Å². The summed E-state index contributed by atoms with van der Waals surface area (Å²) in [5, 5.41) is 11.5. The van der Waals surface area contributed by atoms with Crippen LogP contribution in [0.25, 0.3) is 0 Å².